The van der Waals surface area contributed by atoms with Crippen molar-refractivity contribution < 1.29 is 4.79 Å². The lowest BCUT2D eigenvalue weighted by Crippen LogP contribution is -2.28. The van der Waals surface area contributed by atoms with Gasteiger partial charge in [-0.3, -0.25) is 4.79 Å². The van der Waals surface area contributed by atoms with E-state index in [1.807, 2.05) is 29.2 Å². The van der Waals surface area contributed by atoms with Crippen molar-refractivity contribution in [2.45, 2.75) is 13.3 Å². The third-order valence-electron chi connectivity index (χ3n) is 3.68. The summed E-state index contributed by atoms with van der Waals surface area (Å²) in [6.45, 7) is 3.82. The van der Waals surface area contributed by atoms with Crippen molar-refractivity contribution in [3.8, 4) is 5.69 Å². The van der Waals surface area contributed by atoms with Crippen LogP contribution in [-0.4, -0.2) is 33.7 Å². The first-order valence-electron chi connectivity index (χ1n) is 6.84. The number of hydrogen-bond donors (Lipinski definition) is 1. The van der Waals surface area contributed by atoms with E-state index < -0.39 is 0 Å². The maximum atomic E-state index is 12.3. The number of likely N-dealkylation sites (tertiary alicyclic amines) is 1. The smallest absolute Gasteiger partial charge is 0.274 e. The molecular formula is C15H18N4O. The second-order valence-corrected chi connectivity index (χ2v) is 5.38. The molecule has 1 fully saturated rings. The molecule has 0 saturated carbocycles. The molecule has 0 spiro atoms. The van der Waals surface area contributed by atoms with Crippen molar-refractivity contribution in [2.75, 3.05) is 18.8 Å². The first-order chi connectivity index (χ1) is 9.63. The monoisotopic (exact) mass is 270 g/mol. The number of carbonyl (C=O) groups is 1. The van der Waals surface area contributed by atoms with Crippen LogP contribution in [0, 0.1) is 5.92 Å². The van der Waals surface area contributed by atoms with Gasteiger partial charge in [0.1, 0.15) is 0 Å². The lowest BCUT2D eigenvalue weighted by Gasteiger charge is -2.13. The maximum Gasteiger partial charge on any atom is 0.274 e. The molecule has 0 bridgehead atoms. The first kappa shape index (κ1) is 12.7. The Morgan fingerprint density at radius 1 is 1.30 bits per heavy atom. The van der Waals surface area contributed by atoms with Crippen molar-refractivity contribution in [3.05, 3.63) is 42.2 Å². The van der Waals surface area contributed by atoms with Crippen LogP contribution in [0.2, 0.25) is 0 Å². The van der Waals surface area contributed by atoms with Crippen LogP contribution in [0.25, 0.3) is 5.69 Å². The van der Waals surface area contributed by atoms with Crippen LogP contribution < -0.4 is 5.73 Å². The minimum absolute atomic E-state index is 0.0172. The van der Waals surface area contributed by atoms with Gasteiger partial charge in [0.2, 0.25) is 0 Å². The molecule has 0 aliphatic carbocycles. The SMILES string of the molecule is CC1CCN(C(=O)c2ccn(-c3ccc(N)cc3)n2)C1. The summed E-state index contributed by atoms with van der Waals surface area (Å²) in [5.74, 6) is 0.599. The van der Waals surface area contributed by atoms with Gasteiger partial charge in [-0.05, 0) is 42.7 Å². The molecular weight excluding hydrogens is 252 g/mol. The third-order valence-corrected chi connectivity index (χ3v) is 3.68. The Morgan fingerprint density at radius 3 is 2.70 bits per heavy atom. The van der Waals surface area contributed by atoms with Crippen molar-refractivity contribution >= 4 is 11.6 Å². The van der Waals surface area contributed by atoms with Gasteiger partial charge < -0.3 is 10.6 Å². The highest BCUT2D eigenvalue weighted by Gasteiger charge is 2.25. The van der Waals surface area contributed by atoms with Crippen LogP contribution in [0.1, 0.15) is 23.8 Å². The number of benzene rings is 1. The second-order valence-electron chi connectivity index (χ2n) is 5.38. The third kappa shape index (κ3) is 2.39. The fourth-order valence-electron chi connectivity index (χ4n) is 2.49. The molecule has 2 aromatic rings. The minimum atomic E-state index is 0.0172. The lowest BCUT2D eigenvalue weighted by atomic mass is 10.2. The van der Waals surface area contributed by atoms with Crippen molar-refractivity contribution in [1.82, 2.24) is 14.7 Å². The zero-order valence-corrected chi connectivity index (χ0v) is 11.5. The lowest BCUT2D eigenvalue weighted by molar-refractivity contribution is 0.0782. The maximum absolute atomic E-state index is 12.3. The second kappa shape index (κ2) is 5.00. The van der Waals surface area contributed by atoms with Crippen LogP contribution in [0.5, 0.6) is 0 Å². The average molecular weight is 270 g/mol. The molecule has 5 nitrogen and oxygen atoms in total. The molecule has 5 heteroatoms. The zero-order valence-electron chi connectivity index (χ0n) is 11.5. The largest absolute Gasteiger partial charge is 0.399 e. The van der Waals surface area contributed by atoms with Crippen LogP contribution in [0.4, 0.5) is 5.69 Å². The average Bonchev–Trinajstić information content (AvgIpc) is 3.08. The van der Waals surface area contributed by atoms with Gasteiger partial charge in [-0.15, -0.1) is 0 Å². The van der Waals surface area contributed by atoms with Crippen LogP contribution in [0.3, 0.4) is 0 Å². The van der Waals surface area contributed by atoms with Gasteiger partial charge >= 0.3 is 0 Å². The molecule has 1 amide bonds. The van der Waals surface area contributed by atoms with E-state index in [1.165, 1.54) is 0 Å². The van der Waals surface area contributed by atoms with Gasteiger partial charge in [0, 0.05) is 25.0 Å². The Morgan fingerprint density at radius 2 is 2.05 bits per heavy atom. The Labute approximate surface area is 118 Å². The topological polar surface area (TPSA) is 64.2 Å². The van der Waals surface area contributed by atoms with Gasteiger partial charge in [-0.1, -0.05) is 6.92 Å². The van der Waals surface area contributed by atoms with E-state index in [9.17, 15) is 4.79 Å². The highest BCUT2D eigenvalue weighted by atomic mass is 16.2. The van der Waals surface area contributed by atoms with E-state index in [0.29, 0.717) is 17.3 Å². The molecule has 1 aromatic carbocycles. The molecule has 20 heavy (non-hydrogen) atoms. The van der Waals surface area contributed by atoms with E-state index in [-0.39, 0.29) is 5.91 Å². The van der Waals surface area contributed by atoms with Crippen LogP contribution in [-0.2, 0) is 0 Å². The quantitative estimate of drug-likeness (QED) is 0.848. The van der Waals surface area contributed by atoms with Crippen molar-refractivity contribution in [3.63, 3.8) is 0 Å². The summed E-state index contributed by atoms with van der Waals surface area (Å²) in [4.78, 5) is 14.2. The molecule has 1 atom stereocenters. The predicted molar refractivity (Wildman–Crippen MR) is 77.7 cm³/mol. The number of nitrogens with zero attached hydrogens (tertiary/aromatic N) is 3. The molecule has 1 aromatic heterocycles. The van der Waals surface area contributed by atoms with Gasteiger partial charge in [0.05, 0.1) is 5.69 Å². The summed E-state index contributed by atoms with van der Waals surface area (Å²) in [5.41, 5.74) is 7.77. The van der Waals surface area contributed by atoms with Crippen LogP contribution >= 0.6 is 0 Å². The van der Waals surface area contributed by atoms with Crippen LogP contribution in [0.15, 0.2) is 36.5 Å². The summed E-state index contributed by atoms with van der Waals surface area (Å²) in [5, 5.41) is 4.36. The number of rotatable bonds is 2. The predicted octanol–water partition coefficient (Wildman–Crippen LogP) is 1.94. The molecule has 104 valence electrons. The summed E-state index contributed by atoms with van der Waals surface area (Å²) in [6, 6.07) is 9.17. The number of anilines is 1. The standard InChI is InChI=1S/C15H18N4O/c1-11-6-8-18(10-11)15(20)14-7-9-19(17-14)13-4-2-12(16)3-5-13/h2-5,7,9,11H,6,8,10,16H2,1H3. The number of nitrogen functional groups attached to an aromatic ring is 1. The van der Waals surface area contributed by atoms with E-state index in [1.54, 1.807) is 16.9 Å². The number of hydrogen-bond acceptors (Lipinski definition) is 3. The molecule has 0 radical (unpaired) electrons. The molecule has 2 N–H and O–H groups in total. The number of aromatic nitrogens is 2. The fourth-order valence-corrected chi connectivity index (χ4v) is 2.49. The van der Waals surface area contributed by atoms with Gasteiger partial charge in [-0.25, -0.2) is 4.68 Å². The Balaban J connectivity index is 1.79. The number of amides is 1. The molecule has 1 saturated heterocycles. The summed E-state index contributed by atoms with van der Waals surface area (Å²) in [7, 11) is 0. The summed E-state index contributed by atoms with van der Waals surface area (Å²) >= 11 is 0. The minimum Gasteiger partial charge on any atom is -0.399 e. The number of carbonyl (C=O) groups excluding carboxylic acids is 1. The van der Waals surface area contributed by atoms with E-state index in [4.69, 9.17) is 5.73 Å². The molecule has 3 rings (SSSR count). The molecule has 1 aliphatic rings. The normalized spacial score (nSPS) is 18.4. The Bertz CT molecular complexity index is 617. The highest BCUT2D eigenvalue weighted by molar-refractivity contribution is 5.92. The summed E-state index contributed by atoms with van der Waals surface area (Å²) in [6.07, 6.45) is 2.88. The first-order valence-corrected chi connectivity index (χ1v) is 6.84. The van der Waals surface area contributed by atoms with E-state index in [0.717, 1.165) is 25.2 Å². The molecule has 1 aliphatic heterocycles. The molecule has 2 heterocycles. The van der Waals surface area contributed by atoms with E-state index in [2.05, 4.69) is 12.0 Å². The van der Waals surface area contributed by atoms with E-state index >= 15 is 0 Å². The highest BCUT2D eigenvalue weighted by Crippen LogP contribution is 2.18. The Kier molecular flexibility index (Phi) is 3.18. The van der Waals surface area contributed by atoms with Gasteiger partial charge in [0.25, 0.3) is 5.91 Å². The van der Waals surface area contributed by atoms with Crippen molar-refractivity contribution in [2.24, 2.45) is 5.92 Å². The molecule has 1 unspecified atom stereocenters. The van der Waals surface area contributed by atoms with Gasteiger partial charge in [-0.2, -0.15) is 5.10 Å². The zero-order chi connectivity index (χ0) is 14.1. The Hall–Kier alpha value is -2.30. The van der Waals surface area contributed by atoms with Gasteiger partial charge in [0.15, 0.2) is 5.69 Å². The van der Waals surface area contributed by atoms with Crippen molar-refractivity contribution in [1.29, 1.82) is 0 Å². The number of nitrogens with two attached hydrogens (primary N) is 1. The fraction of sp³-hybridized carbons (Fsp3) is 0.333. The summed E-state index contributed by atoms with van der Waals surface area (Å²) < 4.78 is 1.70.